The van der Waals surface area contributed by atoms with E-state index in [9.17, 15) is 13.2 Å². The summed E-state index contributed by atoms with van der Waals surface area (Å²) < 4.78 is 26.7. The molecule has 0 saturated heterocycles. The molecule has 1 aliphatic carbocycles. The maximum atomic E-state index is 12.7. The van der Waals surface area contributed by atoms with Gasteiger partial charge in [-0.15, -0.1) is 0 Å². The van der Waals surface area contributed by atoms with Crippen LogP contribution in [0.3, 0.4) is 0 Å². The summed E-state index contributed by atoms with van der Waals surface area (Å²) in [7, 11) is -3.67. The summed E-state index contributed by atoms with van der Waals surface area (Å²) in [5.41, 5.74) is 0.464. The second kappa shape index (κ2) is 9.01. The molecule has 0 radical (unpaired) electrons. The maximum Gasteiger partial charge on any atom is 0.244 e. The molecule has 0 spiro atoms. The second-order valence-electron chi connectivity index (χ2n) is 6.47. The Kier molecular flexibility index (Phi) is 7.28. The average Bonchev–Trinajstić information content (AvgIpc) is 3.09. The second-order valence-corrected chi connectivity index (χ2v) is 8.79. The number of hydrogen-bond donors (Lipinski definition) is 1. The van der Waals surface area contributed by atoms with E-state index in [1.165, 1.54) is 42.1 Å². The fourth-order valence-corrected chi connectivity index (χ4v) is 5.30. The summed E-state index contributed by atoms with van der Waals surface area (Å²) in [4.78, 5) is 12.2. The molecule has 0 aliphatic heterocycles. The van der Waals surface area contributed by atoms with Crippen molar-refractivity contribution in [2.45, 2.75) is 57.3 Å². The Hall–Kier alpha value is -1.11. The van der Waals surface area contributed by atoms with Crippen LogP contribution < -0.4 is 5.32 Å². The standard InChI is InChI=1S/C18H27ClN2O3S/c1-3-21(4-2)25(23,24)17-13-15(10-11-16(17)19)20-18(22)12-9-14-7-5-6-8-14/h10-11,13-14H,3-9,12H2,1-2H3,(H,20,22). The van der Waals surface area contributed by atoms with E-state index in [4.69, 9.17) is 11.6 Å². The number of hydrogen-bond acceptors (Lipinski definition) is 3. The van der Waals surface area contributed by atoms with Crippen molar-refractivity contribution in [1.29, 1.82) is 0 Å². The van der Waals surface area contributed by atoms with E-state index in [1.807, 2.05) is 0 Å². The minimum absolute atomic E-state index is 0.0338. The molecule has 2 rings (SSSR count). The molecule has 140 valence electrons. The van der Waals surface area contributed by atoms with Gasteiger partial charge in [0.25, 0.3) is 0 Å². The van der Waals surface area contributed by atoms with Crippen LogP contribution in [0.25, 0.3) is 0 Å². The smallest absolute Gasteiger partial charge is 0.244 e. The summed E-state index contributed by atoms with van der Waals surface area (Å²) in [6, 6.07) is 4.60. The lowest BCUT2D eigenvalue weighted by atomic mass is 10.0. The SMILES string of the molecule is CCN(CC)S(=O)(=O)c1cc(NC(=O)CCC2CCCC2)ccc1Cl. The number of sulfonamides is 1. The first-order valence-corrected chi connectivity index (χ1v) is 10.8. The van der Waals surface area contributed by atoms with Crippen LogP contribution in [0.2, 0.25) is 5.02 Å². The van der Waals surface area contributed by atoms with E-state index in [-0.39, 0.29) is 15.8 Å². The van der Waals surface area contributed by atoms with Crippen LogP contribution in [0.1, 0.15) is 52.4 Å². The van der Waals surface area contributed by atoms with Gasteiger partial charge in [-0.25, -0.2) is 8.42 Å². The van der Waals surface area contributed by atoms with Gasteiger partial charge in [0.15, 0.2) is 0 Å². The number of anilines is 1. The highest BCUT2D eigenvalue weighted by Gasteiger charge is 2.25. The summed E-state index contributed by atoms with van der Waals surface area (Å²) in [6.45, 7) is 4.30. The molecule has 1 fully saturated rings. The number of nitrogens with one attached hydrogen (secondary N) is 1. The molecule has 1 aromatic rings. The Bertz CT molecular complexity index is 696. The average molecular weight is 387 g/mol. The third kappa shape index (κ3) is 5.19. The van der Waals surface area contributed by atoms with E-state index >= 15 is 0 Å². The minimum Gasteiger partial charge on any atom is -0.326 e. The van der Waals surface area contributed by atoms with E-state index in [2.05, 4.69) is 5.32 Å². The van der Waals surface area contributed by atoms with Gasteiger partial charge in [0.2, 0.25) is 15.9 Å². The lowest BCUT2D eigenvalue weighted by Gasteiger charge is -2.19. The zero-order chi connectivity index (χ0) is 18.4. The summed E-state index contributed by atoms with van der Waals surface area (Å²) in [6.07, 6.45) is 6.29. The molecule has 5 nitrogen and oxygen atoms in total. The van der Waals surface area contributed by atoms with Crippen molar-refractivity contribution in [3.05, 3.63) is 23.2 Å². The first kappa shape index (κ1) is 20.2. The molecule has 7 heteroatoms. The Balaban J connectivity index is 2.08. The molecular weight excluding hydrogens is 360 g/mol. The topological polar surface area (TPSA) is 66.5 Å². The normalized spacial score (nSPS) is 15.7. The third-order valence-electron chi connectivity index (χ3n) is 4.79. The van der Waals surface area contributed by atoms with Crippen LogP contribution in [0.5, 0.6) is 0 Å². The van der Waals surface area contributed by atoms with Gasteiger partial charge in [0, 0.05) is 25.2 Å². The van der Waals surface area contributed by atoms with Gasteiger partial charge >= 0.3 is 0 Å². The number of halogens is 1. The Morgan fingerprint density at radius 1 is 1.24 bits per heavy atom. The minimum atomic E-state index is -3.67. The van der Waals surface area contributed by atoms with Crippen molar-refractivity contribution >= 4 is 33.2 Å². The van der Waals surface area contributed by atoms with Gasteiger partial charge in [0.05, 0.1) is 5.02 Å². The third-order valence-corrected chi connectivity index (χ3v) is 7.32. The van der Waals surface area contributed by atoms with E-state index in [0.29, 0.717) is 31.1 Å². The van der Waals surface area contributed by atoms with E-state index in [0.717, 1.165) is 6.42 Å². The van der Waals surface area contributed by atoms with Crippen molar-refractivity contribution in [3.8, 4) is 0 Å². The van der Waals surface area contributed by atoms with E-state index in [1.54, 1.807) is 19.9 Å². The molecule has 1 amide bonds. The van der Waals surface area contributed by atoms with Crippen molar-refractivity contribution in [2.75, 3.05) is 18.4 Å². The van der Waals surface area contributed by atoms with Gasteiger partial charge in [0.1, 0.15) is 4.90 Å². The molecule has 1 aliphatic rings. The van der Waals surface area contributed by atoms with Crippen molar-refractivity contribution in [3.63, 3.8) is 0 Å². The zero-order valence-corrected chi connectivity index (χ0v) is 16.5. The lowest BCUT2D eigenvalue weighted by Crippen LogP contribution is -2.30. The largest absolute Gasteiger partial charge is 0.326 e. The van der Waals surface area contributed by atoms with Crippen LogP contribution in [0, 0.1) is 5.92 Å². The fraction of sp³-hybridized carbons (Fsp3) is 0.611. The van der Waals surface area contributed by atoms with Crippen LogP contribution in [0.15, 0.2) is 23.1 Å². The Morgan fingerprint density at radius 2 is 1.88 bits per heavy atom. The highest BCUT2D eigenvalue weighted by molar-refractivity contribution is 7.89. The molecule has 0 aromatic heterocycles. The lowest BCUT2D eigenvalue weighted by molar-refractivity contribution is -0.116. The molecule has 25 heavy (non-hydrogen) atoms. The van der Waals surface area contributed by atoms with Gasteiger partial charge in [-0.1, -0.05) is 51.1 Å². The molecule has 0 unspecified atom stereocenters. The van der Waals surface area contributed by atoms with Crippen LogP contribution in [-0.2, 0) is 14.8 Å². The summed E-state index contributed by atoms with van der Waals surface area (Å²) in [5.74, 6) is 0.565. The quantitative estimate of drug-likeness (QED) is 0.725. The monoisotopic (exact) mass is 386 g/mol. The number of rotatable bonds is 8. The predicted molar refractivity (Wildman–Crippen MR) is 101 cm³/mol. The highest BCUT2D eigenvalue weighted by atomic mass is 35.5. The van der Waals surface area contributed by atoms with Crippen LogP contribution in [-0.4, -0.2) is 31.7 Å². The molecule has 1 N–H and O–H groups in total. The molecular formula is C18H27ClN2O3S. The zero-order valence-electron chi connectivity index (χ0n) is 14.9. The van der Waals surface area contributed by atoms with Gasteiger partial charge in [-0.2, -0.15) is 4.31 Å². The number of carbonyl (C=O) groups excluding carboxylic acids is 1. The summed E-state index contributed by atoms with van der Waals surface area (Å²) >= 11 is 6.10. The predicted octanol–water partition coefficient (Wildman–Crippen LogP) is 4.28. The number of carbonyl (C=O) groups is 1. The van der Waals surface area contributed by atoms with Gasteiger partial charge in [-0.3, -0.25) is 4.79 Å². The van der Waals surface area contributed by atoms with E-state index < -0.39 is 10.0 Å². The first-order chi connectivity index (χ1) is 11.9. The number of benzene rings is 1. The number of nitrogens with zero attached hydrogens (tertiary/aromatic N) is 1. The number of amides is 1. The van der Waals surface area contributed by atoms with Crippen LogP contribution in [0.4, 0.5) is 5.69 Å². The van der Waals surface area contributed by atoms with Crippen molar-refractivity contribution in [2.24, 2.45) is 5.92 Å². The summed E-state index contributed by atoms with van der Waals surface area (Å²) in [5, 5.41) is 2.96. The molecule has 0 bridgehead atoms. The van der Waals surface area contributed by atoms with Crippen molar-refractivity contribution in [1.82, 2.24) is 4.31 Å². The van der Waals surface area contributed by atoms with Gasteiger partial charge < -0.3 is 5.32 Å². The Labute approximate surface area is 155 Å². The first-order valence-electron chi connectivity index (χ1n) is 8.98. The van der Waals surface area contributed by atoms with Crippen molar-refractivity contribution < 1.29 is 13.2 Å². The van der Waals surface area contributed by atoms with Gasteiger partial charge in [-0.05, 0) is 30.5 Å². The fourth-order valence-electron chi connectivity index (χ4n) is 3.34. The van der Waals surface area contributed by atoms with Crippen LogP contribution >= 0.6 is 11.6 Å². The molecule has 1 aromatic carbocycles. The molecule has 0 atom stereocenters. The molecule has 0 heterocycles. The Morgan fingerprint density at radius 3 is 2.48 bits per heavy atom. The molecule has 1 saturated carbocycles. The maximum absolute atomic E-state index is 12.7. The highest BCUT2D eigenvalue weighted by Crippen LogP contribution is 2.30.